The van der Waals surface area contributed by atoms with E-state index in [1.54, 1.807) is 31.3 Å². The van der Waals surface area contributed by atoms with Crippen LogP contribution >= 0.6 is 34.3 Å². The number of ether oxygens (including phenoxy) is 2. The number of thiazole rings is 1. The minimum absolute atomic E-state index is 0.145. The van der Waals surface area contributed by atoms with Crippen LogP contribution in [0.5, 0.6) is 11.5 Å². The molecular formula is C25H33ClN4O5S3. The smallest absolute Gasteiger partial charge is 0.253 e. The molecule has 1 atom stereocenters. The van der Waals surface area contributed by atoms with E-state index in [1.807, 2.05) is 6.07 Å². The van der Waals surface area contributed by atoms with Gasteiger partial charge < -0.3 is 14.4 Å². The van der Waals surface area contributed by atoms with Crippen LogP contribution < -0.4 is 14.4 Å². The summed E-state index contributed by atoms with van der Waals surface area (Å²) in [7, 11) is -0.722. The highest BCUT2D eigenvalue weighted by Gasteiger charge is 2.41. The molecule has 0 bridgehead atoms. The maximum Gasteiger partial charge on any atom is 0.253 e. The first-order chi connectivity index (χ1) is 18.2. The third-order valence-corrected chi connectivity index (χ3v) is 11.5. The summed E-state index contributed by atoms with van der Waals surface area (Å²) in [6.45, 7) is 7.10. The van der Waals surface area contributed by atoms with E-state index >= 15 is 0 Å². The maximum atomic E-state index is 14.3. The molecule has 1 aliphatic heterocycles. The fourth-order valence-electron chi connectivity index (χ4n) is 4.64. The molecule has 0 spiro atoms. The highest BCUT2D eigenvalue weighted by molar-refractivity contribution is 7.91. The summed E-state index contributed by atoms with van der Waals surface area (Å²) in [5, 5.41) is 0.488. The van der Waals surface area contributed by atoms with Crippen molar-refractivity contribution >= 4 is 65.6 Å². The van der Waals surface area contributed by atoms with Gasteiger partial charge in [0.25, 0.3) is 10.0 Å². The lowest BCUT2D eigenvalue weighted by atomic mass is 10.0. The van der Waals surface area contributed by atoms with Crippen LogP contribution in [0.1, 0.15) is 33.1 Å². The van der Waals surface area contributed by atoms with Gasteiger partial charge in [0.2, 0.25) is 5.91 Å². The molecule has 4 rings (SSSR count). The Morgan fingerprint density at radius 3 is 2.42 bits per heavy atom. The predicted molar refractivity (Wildman–Crippen MR) is 154 cm³/mol. The lowest BCUT2D eigenvalue weighted by molar-refractivity contribution is -0.123. The van der Waals surface area contributed by atoms with Crippen LogP contribution in [-0.4, -0.2) is 81.5 Å². The molecule has 38 heavy (non-hydrogen) atoms. The average Bonchev–Trinajstić information content (AvgIpc) is 3.57. The van der Waals surface area contributed by atoms with Gasteiger partial charge in [0.05, 0.1) is 18.6 Å². The third kappa shape index (κ3) is 5.80. The first kappa shape index (κ1) is 29.0. The Labute approximate surface area is 237 Å². The Morgan fingerprint density at radius 1 is 1.08 bits per heavy atom. The molecule has 1 aromatic carbocycles. The largest absolute Gasteiger partial charge is 0.495 e. The van der Waals surface area contributed by atoms with Crippen molar-refractivity contribution in [3.05, 3.63) is 28.6 Å². The molecule has 208 valence electrons. The van der Waals surface area contributed by atoms with E-state index in [4.69, 9.17) is 26.1 Å². The second-order valence-corrected chi connectivity index (χ2v) is 13.7. The molecule has 1 saturated heterocycles. The lowest BCUT2D eigenvalue weighted by Crippen LogP contribution is -2.54. The van der Waals surface area contributed by atoms with Gasteiger partial charge in [0, 0.05) is 19.6 Å². The van der Waals surface area contributed by atoms with Crippen molar-refractivity contribution in [3.63, 3.8) is 0 Å². The molecule has 3 heterocycles. The number of benzene rings is 1. The lowest BCUT2D eigenvalue weighted by Gasteiger charge is -2.36. The van der Waals surface area contributed by atoms with Gasteiger partial charge in [-0.3, -0.25) is 9.69 Å². The first-order valence-electron chi connectivity index (χ1n) is 12.6. The summed E-state index contributed by atoms with van der Waals surface area (Å²) < 4.78 is 40.9. The van der Waals surface area contributed by atoms with Crippen molar-refractivity contribution in [2.24, 2.45) is 0 Å². The molecule has 1 amide bonds. The second-order valence-electron chi connectivity index (χ2n) is 8.85. The number of hydrogen-bond donors (Lipinski definition) is 0. The molecule has 2 aromatic heterocycles. The van der Waals surface area contributed by atoms with Crippen molar-refractivity contribution < 1.29 is 22.7 Å². The molecule has 0 radical (unpaired) electrons. The quantitative estimate of drug-likeness (QED) is 0.308. The number of rotatable bonds is 11. The van der Waals surface area contributed by atoms with Crippen LogP contribution in [0.4, 0.5) is 5.13 Å². The predicted octanol–water partition coefficient (Wildman–Crippen LogP) is 4.95. The van der Waals surface area contributed by atoms with Crippen LogP contribution in [0.15, 0.2) is 28.5 Å². The van der Waals surface area contributed by atoms with Crippen LogP contribution in [-0.2, 0) is 14.8 Å². The molecule has 1 unspecified atom stereocenters. The van der Waals surface area contributed by atoms with Crippen molar-refractivity contribution in [2.75, 3.05) is 51.8 Å². The summed E-state index contributed by atoms with van der Waals surface area (Å²) >= 11 is 8.39. The molecular weight excluding hydrogens is 568 g/mol. The number of methoxy groups -OCH3 is 2. The van der Waals surface area contributed by atoms with Crippen molar-refractivity contribution in [2.45, 2.75) is 43.4 Å². The minimum atomic E-state index is -3.89. The van der Waals surface area contributed by atoms with Gasteiger partial charge in [-0.15, -0.1) is 11.3 Å². The van der Waals surface area contributed by atoms with Gasteiger partial charge in [0.15, 0.2) is 5.13 Å². The number of amides is 1. The Bertz CT molecular complexity index is 1330. The minimum Gasteiger partial charge on any atom is -0.495 e. The van der Waals surface area contributed by atoms with Crippen LogP contribution in [0, 0.1) is 0 Å². The zero-order chi connectivity index (χ0) is 27.4. The van der Waals surface area contributed by atoms with E-state index in [1.165, 1.54) is 21.7 Å². The number of piperidine rings is 1. The van der Waals surface area contributed by atoms with Gasteiger partial charge in [-0.2, -0.15) is 4.31 Å². The van der Waals surface area contributed by atoms with Gasteiger partial charge >= 0.3 is 0 Å². The molecule has 1 fully saturated rings. The number of aromatic nitrogens is 1. The van der Waals surface area contributed by atoms with E-state index in [-0.39, 0.29) is 16.7 Å². The van der Waals surface area contributed by atoms with E-state index in [0.717, 1.165) is 35.5 Å². The number of likely N-dealkylation sites (N-methyl/N-ethyl adjacent to an activating group) is 1. The zero-order valence-electron chi connectivity index (χ0n) is 22.0. The zero-order valence-corrected chi connectivity index (χ0v) is 25.2. The summed E-state index contributed by atoms with van der Waals surface area (Å²) in [5.74, 6) is 0.938. The highest BCUT2D eigenvalue weighted by Crippen LogP contribution is 2.41. The van der Waals surface area contributed by atoms with Gasteiger partial charge in [0.1, 0.15) is 32.0 Å². The summed E-state index contributed by atoms with van der Waals surface area (Å²) in [5.41, 5.74) is 0.605. The van der Waals surface area contributed by atoms with Gasteiger partial charge in [-0.1, -0.05) is 43.2 Å². The van der Waals surface area contributed by atoms with Crippen molar-refractivity contribution in [1.29, 1.82) is 0 Å². The second kappa shape index (κ2) is 12.5. The van der Waals surface area contributed by atoms with E-state index in [2.05, 4.69) is 18.7 Å². The van der Waals surface area contributed by atoms with Crippen molar-refractivity contribution in [3.8, 4) is 11.5 Å². The van der Waals surface area contributed by atoms with E-state index < -0.39 is 16.1 Å². The normalized spacial score (nSPS) is 16.7. The van der Waals surface area contributed by atoms with E-state index in [0.29, 0.717) is 52.4 Å². The SMILES string of the molecule is CCN(CC)CCN(C(=O)C1CCCCN1S(=O)(=O)c1ccc(Cl)s1)c1nc2c(OC)ccc(OC)c2s1. The van der Waals surface area contributed by atoms with E-state index in [9.17, 15) is 13.2 Å². The number of anilines is 1. The summed E-state index contributed by atoms with van der Waals surface area (Å²) in [4.78, 5) is 22.9. The molecule has 13 heteroatoms. The summed E-state index contributed by atoms with van der Waals surface area (Å²) in [6, 6.07) is 5.84. The van der Waals surface area contributed by atoms with Gasteiger partial charge in [-0.25, -0.2) is 13.4 Å². The number of hydrogen-bond acceptors (Lipinski definition) is 9. The molecule has 0 saturated carbocycles. The molecule has 9 nitrogen and oxygen atoms in total. The molecule has 0 aliphatic carbocycles. The average molecular weight is 601 g/mol. The monoisotopic (exact) mass is 600 g/mol. The van der Waals surface area contributed by atoms with Crippen molar-refractivity contribution in [1.82, 2.24) is 14.2 Å². The fraction of sp³-hybridized carbons (Fsp3) is 0.520. The Hall–Kier alpha value is -1.96. The van der Waals surface area contributed by atoms with Gasteiger partial charge in [-0.05, 0) is 50.2 Å². The first-order valence-corrected chi connectivity index (χ1v) is 16.0. The molecule has 0 N–H and O–H groups in total. The number of carbonyl (C=O) groups is 1. The van der Waals surface area contributed by atoms with Crippen LogP contribution in [0.2, 0.25) is 4.34 Å². The number of halogens is 1. The van der Waals surface area contributed by atoms with Crippen LogP contribution in [0.25, 0.3) is 10.2 Å². The number of nitrogens with zero attached hydrogens (tertiary/aromatic N) is 4. The highest BCUT2D eigenvalue weighted by atomic mass is 35.5. The number of thiophene rings is 1. The van der Waals surface area contributed by atoms with Crippen LogP contribution in [0.3, 0.4) is 0 Å². The topological polar surface area (TPSA) is 92.3 Å². The number of carbonyl (C=O) groups excluding carboxylic acids is 1. The Morgan fingerprint density at radius 2 is 1.79 bits per heavy atom. The molecule has 3 aromatic rings. The Balaban J connectivity index is 1.75. The maximum absolute atomic E-state index is 14.3. The standard InChI is InChI=1S/C25H33ClN4O5S3/c1-5-28(6-2)15-16-29(25-27-22-18(34-3)10-11-19(35-4)23(22)37-25)24(31)17-9-7-8-14-30(17)38(32,33)21-13-12-20(26)36-21/h10-13,17H,5-9,14-16H2,1-4H3. The number of sulfonamides is 1. The number of fused-ring (bicyclic) bond motifs is 1. The summed E-state index contributed by atoms with van der Waals surface area (Å²) in [6.07, 6.45) is 1.90. The molecule has 1 aliphatic rings. The fourth-order valence-corrected chi connectivity index (χ4v) is 9.01. The third-order valence-electron chi connectivity index (χ3n) is 6.78. The Kier molecular flexibility index (Phi) is 9.53.